The molecule has 2 nitrogen and oxygen atoms in total. The van der Waals surface area contributed by atoms with Gasteiger partial charge >= 0.3 is 12.1 Å². The van der Waals surface area contributed by atoms with Crippen molar-refractivity contribution in [3.63, 3.8) is 0 Å². The molecule has 22 heavy (non-hydrogen) atoms. The van der Waals surface area contributed by atoms with E-state index in [2.05, 4.69) is 0 Å². The van der Waals surface area contributed by atoms with Crippen LogP contribution in [0.5, 0.6) is 5.75 Å². The van der Waals surface area contributed by atoms with Crippen LogP contribution >= 0.6 is 11.6 Å². The molecule has 0 heterocycles. The van der Waals surface area contributed by atoms with Crippen LogP contribution in [0.4, 0.5) is 13.2 Å². The molecule has 0 saturated carbocycles. The Hall–Kier alpha value is -2.27. The van der Waals surface area contributed by atoms with E-state index in [9.17, 15) is 18.0 Å². The summed E-state index contributed by atoms with van der Waals surface area (Å²) in [4.78, 5) is 11.6. The number of ether oxygens (including phenoxy) is 1. The zero-order valence-corrected chi connectivity index (χ0v) is 11.9. The maximum atomic E-state index is 12.6. The number of carbonyl (C=O) groups excluding carboxylic acids is 1. The number of hydrogen-bond donors (Lipinski definition) is 0. The highest BCUT2D eigenvalue weighted by Crippen LogP contribution is 2.29. The predicted molar refractivity (Wildman–Crippen MR) is 77.6 cm³/mol. The second-order valence-corrected chi connectivity index (χ2v) is 4.72. The molecular weight excluding hydrogens is 317 g/mol. The number of para-hydroxylation sites is 1. The van der Waals surface area contributed by atoms with E-state index >= 15 is 0 Å². The Labute approximate surface area is 129 Å². The third-order valence-electron chi connectivity index (χ3n) is 2.67. The minimum absolute atomic E-state index is 0.183. The number of hydrogen-bond acceptors (Lipinski definition) is 2. The molecule has 0 aliphatic heterocycles. The van der Waals surface area contributed by atoms with E-state index in [4.69, 9.17) is 16.3 Å². The first-order valence-electron chi connectivity index (χ1n) is 6.18. The lowest BCUT2D eigenvalue weighted by Crippen LogP contribution is -2.05. The van der Waals surface area contributed by atoms with Gasteiger partial charge in [0.15, 0.2) is 0 Å². The van der Waals surface area contributed by atoms with Crippen LogP contribution in [0.25, 0.3) is 6.08 Å². The first-order chi connectivity index (χ1) is 10.4. The van der Waals surface area contributed by atoms with E-state index < -0.39 is 17.7 Å². The molecule has 6 heteroatoms. The van der Waals surface area contributed by atoms with Crippen molar-refractivity contribution in [2.75, 3.05) is 0 Å². The van der Waals surface area contributed by atoms with Gasteiger partial charge in [0.1, 0.15) is 5.75 Å². The molecule has 2 aromatic carbocycles. The Balaban J connectivity index is 2.09. The Kier molecular flexibility index (Phi) is 4.88. The van der Waals surface area contributed by atoms with E-state index in [0.29, 0.717) is 0 Å². The maximum absolute atomic E-state index is 12.6. The second-order valence-electron chi connectivity index (χ2n) is 4.31. The molecule has 0 bridgehead atoms. The van der Waals surface area contributed by atoms with Crippen molar-refractivity contribution in [3.8, 4) is 5.75 Å². The number of esters is 1. The van der Waals surface area contributed by atoms with Gasteiger partial charge in [-0.25, -0.2) is 4.79 Å². The van der Waals surface area contributed by atoms with Crippen molar-refractivity contribution in [1.29, 1.82) is 0 Å². The lowest BCUT2D eigenvalue weighted by atomic mass is 10.1. The average Bonchev–Trinajstić information content (AvgIpc) is 2.47. The van der Waals surface area contributed by atoms with Crippen LogP contribution in [-0.2, 0) is 11.0 Å². The molecule has 0 spiro atoms. The fourth-order valence-corrected chi connectivity index (χ4v) is 1.83. The van der Waals surface area contributed by atoms with E-state index in [1.165, 1.54) is 24.3 Å². The van der Waals surface area contributed by atoms with E-state index in [-0.39, 0.29) is 16.3 Å². The van der Waals surface area contributed by atoms with Gasteiger partial charge in [-0.2, -0.15) is 13.2 Å². The lowest BCUT2D eigenvalue weighted by molar-refractivity contribution is -0.137. The summed E-state index contributed by atoms with van der Waals surface area (Å²) in [5.74, 6) is -0.548. The molecule has 0 amide bonds. The standard InChI is InChI=1S/C16H10ClF3O2/c17-13-6-1-2-7-14(13)22-15(21)9-8-11-4-3-5-12(10-11)16(18,19)20/h1-10H/b9-8+. The van der Waals surface area contributed by atoms with Gasteiger partial charge in [0.2, 0.25) is 0 Å². The molecule has 0 N–H and O–H groups in total. The highest BCUT2D eigenvalue weighted by molar-refractivity contribution is 6.32. The summed E-state index contributed by atoms with van der Waals surface area (Å²) in [5, 5.41) is 0.267. The Bertz CT molecular complexity index is 709. The van der Waals surface area contributed by atoms with Crippen LogP contribution in [0.3, 0.4) is 0 Å². The molecule has 2 aromatic rings. The molecule has 0 saturated heterocycles. The van der Waals surface area contributed by atoms with Gasteiger partial charge in [0.05, 0.1) is 10.6 Å². The molecule has 0 fully saturated rings. The number of rotatable bonds is 3. The van der Waals surface area contributed by atoms with Crippen molar-refractivity contribution in [2.24, 2.45) is 0 Å². The van der Waals surface area contributed by atoms with Crippen LogP contribution in [-0.4, -0.2) is 5.97 Å². The maximum Gasteiger partial charge on any atom is 0.416 e. The number of benzene rings is 2. The van der Waals surface area contributed by atoms with E-state index in [1.807, 2.05) is 0 Å². The largest absolute Gasteiger partial charge is 0.422 e. The molecule has 0 aliphatic rings. The predicted octanol–water partition coefficient (Wildman–Crippen LogP) is 4.98. The minimum atomic E-state index is -4.43. The minimum Gasteiger partial charge on any atom is -0.422 e. The average molecular weight is 327 g/mol. The smallest absolute Gasteiger partial charge is 0.416 e. The summed E-state index contributed by atoms with van der Waals surface area (Å²) >= 11 is 5.83. The second kappa shape index (κ2) is 6.66. The Morgan fingerprint density at radius 3 is 2.50 bits per heavy atom. The molecule has 0 aliphatic carbocycles. The SMILES string of the molecule is O=C(/C=C/c1cccc(C(F)(F)F)c1)Oc1ccccc1Cl. The van der Waals surface area contributed by atoms with Crippen molar-refractivity contribution in [2.45, 2.75) is 6.18 Å². The first-order valence-corrected chi connectivity index (χ1v) is 6.56. The lowest BCUT2D eigenvalue weighted by Gasteiger charge is -2.06. The fraction of sp³-hybridized carbons (Fsp3) is 0.0625. The third kappa shape index (κ3) is 4.36. The van der Waals surface area contributed by atoms with Gasteiger partial charge in [-0.3, -0.25) is 0 Å². The molecule has 0 radical (unpaired) electrons. The molecule has 2 rings (SSSR count). The molecule has 0 unspecified atom stereocenters. The van der Waals surface area contributed by atoms with Gasteiger partial charge in [-0.1, -0.05) is 35.9 Å². The summed E-state index contributed by atoms with van der Waals surface area (Å²) in [6.07, 6.45) is -2.14. The van der Waals surface area contributed by atoms with Crippen molar-refractivity contribution < 1.29 is 22.7 Å². The topological polar surface area (TPSA) is 26.3 Å². The molecule has 114 valence electrons. The zero-order valence-electron chi connectivity index (χ0n) is 11.1. The number of alkyl halides is 3. The summed E-state index contributed by atoms with van der Waals surface area (Å²) in [6, 6.07) is 11.0. The highest BCUT2D eigenvalue weighted by atomic mass is 35.5. The Morgan fingerprint density at radius 2 is 1.82 bits per heavy atom. The summed E-state index contributed by atoms with van der Waals surface area (Å²) in [5.41, 5.74) is -0.542. The highest BCUT2D eigenvalue weighted by Gasteiger charge is 2.30. The number of halogens is 4. The molecule has 0 atom stereocenters. The third-order valence-corrected chi connectivity index (χ3v) is 2.99. The molecular formula is C16H10ClF3O2. The van der Waals surface area contributed by atoms with Crippen LogP contribution in [0.2, 0.25) is 5.02 Å². The van der Waals surface area contributed by atoms with Crippen molar-refractivity contribution in [3.05, 3.63) is 70.8 Å². The summed E-state index contributed by atoms with van der Waals surface area (Å²) in [7, 11) is 0. The van der Waals surface area contributed by atoms with Crippen LogP contribution in [0, 0.1) is 0 Å². The fourth-order valence-electron chi connectivity index (χ4n) is 1.65. The number of carbonyl (C=O) groups is 1. The van der Waals surface area contributed by atoms with Crippen LogP contribution in [0.1, 0.15) is 11.1 Å². The van der Waals surface area contributed by atoms with Gasteiger partial charge < -0.3 is 4.74 Å². The quantitative estimate of drug-likeness (QED) is 0.452. The van der Waals surface area contributed by atoms with Crippen molar-refractivity contribution in [1.82, 2.24) is 0 Å². The van der Waals surface area contributed by atoms with Gasteiger partial charge in [0.25, 0.3) is 0 Å². The molecule has 0 aromatic heterocycles. The van der Waals surface area contributed by atoms with Gasteiger partial charge in [-0.15, -0.1) is 0 Å². The van der Waals surface area contributed by atoms with E-state index in [0.717, 1.165) is 18.2 Å². The van der Waals surface area contributed by atoms with Crippen molar-refractivity contribution >= 4 is 23.6 Å². The van der Waals surface area contributed by atoms with Crippen LogP contribution < -0.4 is 4.74 Å². The van der Waals surface area contributed by atoms with Crippen LogP contribution in [0.15, 0.2) is 54.6 Å². The summed E-state index contributed by atoms with van der Waals surface area (Å²) in [6.45, 7) is 0. The zero-order chi connectivity index (χ0) is 16.2. The summed E-state index contributed by atoms with van der Waals surface area (Å²) < 4.78 is 42.7. The van der Waals surface area contributed by atoms with Gasteiger partial charge in [-0.05, 0) is 35.9 Å². The first kappa shape index (κ1) is 16.1. The Morgan fingerprint density at radius 1 is 1.09 bits per heavy atom. The van der Waals surface area contributed by atoms with E-state index in [1.54, 1.807) is 18.2 Å². The monoisotopic (exact) mass is 326 g/mol. The van der Waals surface area contributed by atoms with Gasteiger partial charge in [0, 0.05) is 6.08 Å². The normalized spacial score (nSPS) is 11.6.